The first-order valence-corrected chi connectivity index (χ1v) is 6.08. The average Bonchev–Trinajstić information content (AvgIpc) is 2.76. The van der Waals surface area contributed by atoms with Crippen molar-refractivity contribution in [2.24, 2.45) is 11.7 Å². The average molecular weight is 269 g/mol. The minimum atomic E-state index is -1.06. The van der Waals surface area contributed by atoms with E-state index in [2.05, 4.69) is 15.6 Å². The Balaban J connectivity index is 2.67. The van der Waals surface area contributed by atoms with Crippen LogP contribution in [0.5, 0.6) is 0 Å². The summed E-state index contributed by atoms with van der Waals surface area (Å²) in [6.45, 7) is 4.61. The molecule has 8 heteroatoms. The van der Waals surface area contributed by atoms with Crippen molar-refractivity contribution in [2.45, 2.75) is 32.9 Å². The lowest BCUT2D eigenvalue weighted by molar-refractivity contribution is -0.139. The van der Waals surface area contributed by atoms with Crippen LogP contribution in [0, 0.1) is 5.92 Å². The number of hydrogen-bond donors (Lipinski definition) is 3. The first-order chi connectivity index (χ1) is 8.93. The Bertz CT molecular complexity index is 443. The largest absolute Gasteiger partial charge is 0.480 e. The summed E-state index contributed by atoms with van der Waals surface area (Å²) in [6, 6.07) is -0.924. The number of aromatic nitrogens is 3. The van der Waals surface area contributed by atoms with Gasteiger partial charge in [-0.25, -0.2) is 4.79 Å². The van der Waals surface area contributed by atoms with E-state index < -0.39 is 17.9 Å². The summed E-state index contributed by atoms with van der Waals surface area (Å²) in [5.41, 5.74) is 5.44. The first-order valence-electron chi connectivity index (χ1n) is 6.08. The van der Waals surface area contributed by atoms with Gasteiger partial charge in [0.25, 0.3) is 5.91 Å². The van der Waals surface area contributed by atoms with Crippen LogP contribution in [0.1, 0.15) is 30.8 Å². The quantitative estimate of drug-likeness (QED) is 0.611. The fraction of sp³-hybridized carbons (Fsp3) is 0.636. The molecule has 0 radical (unpaired) electrons. The monoisotopic (exact) mass is 269 g/mol. The molecule has 0 saturated heterocycles. The van der Waals surface area contributed by atoms with Gasteiger partial charge in [-0.15, -0.1) is 5.10 Å². The van der Waals surface area contributed by atoms with Crippen molar-refractivity contribution in [3.8, 4) is 0 Å². The van der Waals surface area contributed by atoms with Crippen molar-refractivity contribution in [2.75, 3.05) is 6.54 Å². The van der Waals surface area contributed by atoms with Gasteiger partial charge >= 0.3 is 5.97 Å². The van der Waals surface area contributed by atoms with E-state index in [1.807, 2.05) is 13.8 Å². The number of hydrogen-bond acceptors (Lipinski definition) is 5. The molecule has 1 heterocycles. The predicted octanol–water partition coefficient (Wildman–Crippen LogP) is -0.534. The molecule has 19 heavy (non-hydrogen) atoms. The SMILES string of the molecule is CC(C)CC(NC(=O)c1cn(CCN)nn1)C(=O)O. The summed E-state index contributed by atoms with van der Waals surface area (Å²) < 4.78 is 1.44. The summed E-state index contributed by atoms with van der Waals surface area (Å²) in [5.74, 6) is -1.44. The molecular weight excluding hydrogens is 250 g/mol. The second kappa shape index (κ2) is 6.83. The van der Waals surface area contributed by atoms with E-state index in [-0.39, 0.29) is 11.6 Å². The van der Waals surface area contributed by atoms with Crippen LogP contribution in [0.2, 0.25) is 0 Å². The molecule has 106 valence electrons. The van der Waals surface area contributed by atoms with Gasteiger partial charge in [-0.05, 0) is 12.3 Å². The molecular formula is C11H19N5O3. The minimum Gasteiger partial charge on any atom is -0.480 e. The van der Waals surface area contributed by atoms with Gasteiger partial charge < -0.3 is 16.2 Å². The number of nitrogens with one attached hydrogen (secondary N) is 1. The molecule has 0 spiro atoms. The van der Waals surface area contributed by atoms with E-state index in [0.717, 1.165) is 0 Å². The fourth-order valence-corrected chi connectivity index (χ4v) is 1.57. The Morgan fingerprint density at radius 3 is 2.74 bits per heavy atom. The van der Waals surface area contributed by atoms with Crippen molar-refractivity contribution in [3.63, 3.8) is 0 Å². The molecule has 0 aliphatic rings. The van der Waals surface area contributed by atoms with Gasteiger partial charge in [0.2, 0.25) is 0 Å². The van der Waals surface area contributed by atoms with Crippen molar-refractivity contribution in [1.82, 2.24) is 20.3 Å². The molecule has 1 unspecified atom stereocenters. The van der Waals surface area contributed by atoms with Crippen LogP contribution < -0.4 is 11.1 Å². The standard InChI is InChI=1S/C11H19N5O3/c1-7(2)5-8(11(18)19)13-10(17)9-6-16(4-3-12)15-14-9/h6-8H,3-5,12H2,1-2H3,(H,13,17)(H,18,19). The van der Waals surface area contributed by atoms with E-state index in [4.69, 9.17) is 10.8 Å². The van der Waals surface area contributed by atoms with Crippen molar-refractivity contribution >= 4 is 11.9 Å². The topological polar surface area (TPSA) is 123 Å². The highest BCUT2D eigenvalue weighted by Crippen LogP contribution is 2.06. The number of rotatable bonds is 7. The van der Waals surface area contributed by atoms with Crippen molar-refractivity contribution in [1.29, 1.82) is 0 Å². The molecule has 1 rings (SSSR count). The minimum absolute atomic E-state index is 0.0865. The molecule has 0 aliphatic carbocycles. The van der Waals surface area contributed by atoms with Gasteiger partial charge in [0.05, 0.1) is 12.7 Å². The van der Waals surface area contributed by atoms with E-state index in [0.29, 0.717) is 19.5 Å². The number of nitrogens with two attached hydrogens (primary N) is 1. The third-order valence-electron chi connectivity index (χ3n) is 2.44. The number of carboxylic acid groups (broad SMARTS) is 1. The van der Waals surface area contributed by atoms with Crippen LogP contribution in [0.15, 0.2) is 6.20 Å². The Morgan fingerprint density at radius 1 is 1.53 bits per heavy atom. The lowest BCUT2D eigenvalue weighted by Crippen LogP contribution is -2.41. The maximum absolute atomic E-state index is 11.8. The summed E-state index contributed by atoms with van der Waals surface area (Å²) in [4.78, 5) is 22.9. The Labute approximate surface area is 111 Å². The van der Waals surface area contributed by atoms with Crippen LogP contribution in [0.4, 0.5) is 0 Å². The lowest BCUT2D eigenvalue weighted by atomic mass is 10.0. The maximum atomic E-state index is 11.8. The molecule has 4 N–H and O–H groups in total. The first kappa shape index (κ1) is 15.1. The van der Waals surface area contributed by atoms with E-state index in [1.165, 1.54) is 10.9 Å². The zero-order chi connectivity index (χ0) is 14.4. The molecule has 0 saturated carbocycles. The van der Waals surface area contributed by atoms with Crippen LogP contribution in [0.3, 0.4) is 0 Å². The molecule has 8 nitrogen and oxygen atoms in total. The molecule has 0 bridgehead atoms. The summed E-state index contributed by atoms with van der Waals surface area (Å²) in [6.07, 6.45) is 1.80. The Hall–Kier alpha value is -1.96. The van der Waals surface area contributed by atoms with Crippen LogP contribution in [-0.2, 0) is 11.3 Å². The smallest absolute Gasteiger partial charge is 0.326 e. The van der Waals surface area contributed by atoms with Crippen LogP contribution in [0.25, 0.3) is 0 Å². The van der Waals surface area contributed by atoms with Crippen molar-refractivity contribution in [3.05, 3.63) is 11.9 Å². The summed E-state index contributed by atoms with van der Waals surface area (Å²) >= 11 is 0. The highest BCUT2D eigenvalue weighted by atomic mass is 16.4. The molecule has 0 fully saturated rings. The Morgan fingerprint density at radius 2 is 2.21 bits per heavy atom. The summed E-state index contributed by atoms with van der Waals surface area (Å²) in [7, 11) is 0. The van der Waals surface area contributed by atoms with Crippen molar-refractivity contribution < 1.29 is 14.7 Å². The normalized spacial score (nSPS) is 12.4. The number of aliphatic carboxylic acids is 1. The van der Waals surface area contributed by atoms with Crippen LogP contribution in [-0.4, -0.2) is 44.6 Å². The van der Waals surface area contributed by atoms with Gasteiger partial charge in [0.15, 0.2) is 5.69 Å². The van der Waals surface area contributed by atoms with E-state index in [1.54, 1.807) is 0 Å². The van der Waals surface area contributed by atoms with Gasteiger partial charge in [0.1, 0.15) is 6.04 Å². The number of amides is 1. The lowest BCUT2D eigenvalue weighted by Gasteiger charge is -2.15. The van der Waals surface area contributed by atoms with Gasteiger partial charge in [-0.2, -0.15) is 0 Å². The third kappa shape index (κ3) is 4.66. The fourth-order valence-electron chi connectivity index (χ4n) is 1.57. The second-order valence-corrected chi connectivity index (χ2v) is 4.65. The van der Waals surface area contributed by atoms with Crippen LogP contribution >= 0.6 is 0 Å². The predicted molar refractivity (Wildman–Crippen MR) is 67.4 cm³/mol. The molecule has 1 aromatic heterocycles. The van der Waals surface area contributed by atoms with E-state index >= 15 is 0 Å². The molecule has 0 aromatic carbocycles. The Kier molecular flexibility index (Phi) is 5.43. The number of carboxylic acids is 1. The highest BCUT2D eigenvalue weighted by molar-refractivity contribution is 5.94. The van der Waals surface area contributed by atoms with Gasteiger partial charge in [-0.3, -0.25) is 9.48 Å². The molecule has 0 aliphatic heterocycles. The molecule has 1 amide bonds. The molecule has 1 atom stereocenters. The second-order valence-electron chi connectivity index (χ2n) is 4.65. The highest BCUT2D eigenvalue weighted by Gasteiger charge is 2.23. The zero-order valence-corrected chi connectivity index (χ0v) is 11.0. The molecule has 1 aromatic rings. The number of carbonyl (C=O) groups excluding carboxylic acids is 1. The zero-order valence-electron chi connectivity index (χ0n) is 11.0. The van der Waals surface area contributed by atoms with Gasteiger partial charge in [-0.1, -0.05) is 19.1 Å². The maximum Gasteiger partial charge on any atom is 0.326 e. The summed E-state index contributed by atoms with van der Waals surface area (Å²) in [5, 5.41) is 18.9. The number of carbonyl (C=O) groups is 2. The number of nitrogens with zero attached hydrogens (tertiary/aromatic N) is 3. The van der Waals surface area contributed by atoms with E-state index in [9.17, 15) is 9.59 Å². The van der Waals surface area contributed by atoms with Gasteiger partial charge in [0, 0.05) is 6.54 Å². The third-order valence-corrected chi connectivity index (χ3v) is 2.44.